The van der Waals surface area contributed by atoms with Crippen LogP contribution >= 0.6 is 11.6 Å². The fourth-order valence-corrected chi connectivity index (χ4v) is 5.28. The second kappa shape index (κ2) is 10.4. The van der Waals surface area contributed by atoms with Gasteiger partial charge in [0.2, 0.25) is 0 Å². The van der Waals surface area contributed by atoms with E-state index >= 15 is 0 Å². The molecule has 0 spiro atoms. The van der Waals surface area contributed by atoms with E-state index in [4.69, 9.17) is 21.4 Å². The number of fused-ring (bicyclic) bond motifs is 1. The highest BCUT2D eigenvalue weighted by Gasteiger charge is 2.32. The van der Waals surface area contributed by atoms with Crippen LogP contribution in [0.25, 0.3) is 0 Å². The van der Waals surface area contributed by atoms with E-state index in [1.165, 1.54) is 0 Å². The van der Waals surface area contributed by atoms with Crippen molar-refractivity contribution < 1.29 is 14.6 Å². The topological polar surface area (TPSA) is 70.8 Å². The number of ether oxygens (including phenoxy) is 1. The molecule has 0 saturated carbocycles. The van der Waals surface area contributed by atoms with Crippen molar-refractivity contribution in [2.45, 2.75) is 45.0 Å². The van der Waals surface area contributed by atoms with E-state index in [9.17, 15) is 9.90 Å². The van der Waals surface area contributed by atoms with E-state index in [0.29, 0.717) is 31.9 Å². The number of aliphatic hydroxyl groups excluding tert-OH is 1. The van der Waals surface area contributed by atoms with Crippen LogP contribution in [0.5, 0.6) is 5.75 Å². The van der Waals surface area contributed by atoms with Crippen LogP contribution in [0.2, 0.25) is 5.02 Å². The first-order valence-corrected chi connectivity index (χ1v) is 12.5. The standard InChI is InChI=1S/C27H31ClN4O3/c1-35-22-9-4-6-19(14-22)15-32-25-11-13-30(16-20-7-2-3-10-24(20)28)18-23(25)26(29-32)27(34)31-12-5-8-21(33)17-31/h2-4,6-7,9-10,14,21,33H,5,8,11-13,15-18H2,1H3. The summed E-state index contributed by atoms with van der Waals surface area (Å²) in [7, 11) is 1.66. The monoisotopic (exact) mass is 494 g/mol. The summed E-state index contributed by atoms with van der Waals surface area (Å²) in [5, 5.41) is 15.8. The molecule has 7 nitrogen and oxygen atoms in total. The number of amides is 1. The van der Waals surface area contributed by atoms with Crippen molar-refractivity contribution in [2.24, 2.45) is 0 Å². The van der Waals surface area contributed by atoms with Crippen LogP contribution in [0.1, 0.15) is 45.7 Å². The first kappa shape index (κ1) is 23.9. The number of aromatic nitrogens is 2. The molecule has 1 N–H and O–H groups in total. The van der Waals surface area contributed by atoms with Crippen molar-refractivity contribution in [3.05, 3.63) is 81.6 Å². The van der Waals surface area contributed by atoms with Crippen LogP contribution in [0, 0.1) is 0 Å². The molecule has 0 bridgehead atoms. The van der Waals surface area contributed by atoms with Gasteiger partial charge in [-0.25, -0.2) is 0 Å². The third kappa shape index (κ3) is 5.22. The smallest absolute Gasteiger partial charge is 0.274 e. The van der Waals surface area contributed by atoms with E-state index < -0.39 is 6.10 Å². The minimum absolute atomic E-state index is 0.0935. The summed E-state index contributed by atoms with van der Waals surface area (Å²) in [4.78, 5) is 17.7. The summed E-state index contributed by atoms with van der Waals surface area (Å²) in [6, 6.07) is 15.8. The number of aliphatic hydroxyl groups is 1. The van der Waals surface area contributed by atoms with Gasteiger partial charge >= 0.3 is 0 Å². The number of carbonyl (C=O) groups excluding carboxylic acids is 1. The summed E-state index contributed by atoms with van der Waals surface area (Å²) in [5.74, 6) is 0.706. The average molecular weight is 495 g/mol. The number of hydrogen-bond donors (Lipinski definition) is 1. The number of β-amino-alcohol motifs (C(OH)–C–C–N with tert-alkyl or cyclic N) is 1. The van der Waals surface area contributed by atoms with Crippen LogP contribution in [-0.4, -0.2) is 63.4 Å². The Hall–Kier alpha value is -2.87. The summed E-state index contributed by atoms with van der Waals surface area (Å²) in [6.07, 6.45) is 1.86. The maximum Gasteiger partial charge on any atom is 0.274 e. The predicted octanol–water partition coefficient (Wildman–Crippen LogP) is 3.75. The van der Waals surface area contributed by atoms with Gasteiger partial charge in [-0.15, -0.1) is 0 Å². The average Bonchev–Trinajstić information content (AvgIpc) is 3.22. The minimum Gasteiger partial charge on any atom is -0.497 e. The highest BCUT2D eigenvalue weighted by atomic mass is 35.5. The molecule has 3 heterocycles. The molecule has 2 aliphatic heterocycles. The van der Waals surface area contributed by atoms with Gasteiger partial charge in [0.1, 0.15) is 5.75 Å². The van der Waals surface area contributed by atoms with Crippen molar-refractivity contribution in [1.82, 2.24) is 19.6 Å². The fourth-order valence-electron chi connectivity index (χ4n) is 5.08. The van der Waals surface area contributed by atoms with Crippen LogP contribution in [0.3, 0.4) is 0 Å². The van der Waals surface area contributed by atoms with E-state index in [0.717, 1.165) is 65.5 Å². The molecule has 0 radical (unpaired) electrons. The van der Waals surface area contributed by atoms with E-state index in [2.05, 4.69) is 4.90 Å². The van der Waals surface area contributed by atoms with Gasteiger partial charge in [-0.1, -0.05) is 41.9 Å². The van der Waals surface area contributed by atoms with Gasteiger partial charge in [0.25, 0.3) is 5.91 Å². The van der Waals surface area contributed by atoms with Gasteiger partial charge in [-0.05, 0) is 42.2 Å². The Bertz CT molecular complexity index is 1210. The molecule has 1 atom stereocenters. The number of nitrogens with zero attached hydrogens (tertiary/aromatic N) is 4. The number of carbonyl (C=O) groups is 1. The Kier molecular flexibility index (Phi) is 7.09. The molecule has 35 heavy (non-hydrogen) atoms. The van der Waals surface area contributed by atoms with Gasteiger partial charge in [-0.2, -0.15) is 5.10 Å². The summed E-state index contributed by atoms with van der Waals surface area (Å²) in [6.45, 7) is 3.79. The number of hydrogen-bond acceptors (Lipinski definition) is 5. The summed E-state index contributed by atoms with van der Waals surface area (Å²) < 4.78 is 7.36. The van der Waals surface area contributed by atoms with Crippen LogP contribution < -0.4 is 4.74 Å². The van der Waals surface area contributed by atoms with Gasteiger partial charge in [0.15, 0.2) is 5.69 Å². The van der Waals surface area contributed by atoms with Crippen molar-refractivity contribution in [3.8, 4) is 5.75 Å². The third-order valence-corrected chi connectivity index (χ3v) is 7.29. The van der Waals surface area contributed by atoms with E-state index in [-0.39, 0.29) is 5.91 Å². The maximum absolute atomic E-state index is 13.6. The molecular weight excluding hydrogens is 464 g/mol. The Morgan fingerprint density at radius 1 is 1.17 bits per heavy atom. The molecule has 2 aromatic carbocycles. The number of methoxy groups -OCH3 is 1. The maximum atomic E-state index is 13.6. The second-order valence-electron chi connectivity index (χ2n) is 9.38. The zero-order valence-electron chi connectivity index (χ0n) is 20.0. The quantitative estimate of drug-likeness (QED) is 0.565. The van der Waals surface area contributed by atoms with Crippen molar-refractivity contribution in [1.29, 1.82) is 0 Å². The fraction of sp³-hybridized carbons (Fsp3) is 0.407. The molecule has 184 valence electrons. The zero-order valence-corrected chi connectivity index (χ0v) is 20.7. The number of rotatable bonds is 6. The Balaban J connectivity index is 1.46. The van der Waals surface area contributed by atoms with Crippen LogP contribution in [-0.2, 0) is 26.1 Å². The lowest BCUT2D eigenvalue weighted by Gasteiger charge is -2.31. The first-order chi connectivity index (χ1) is 17.0. The molecular formula is C27H31ClN4O3. The molecule has 0 aliphatic carbocycles. The Morgan fingerprint density at radius 3 is 2.83 bits per heavy atom. The lowest BCUT2D eigenvalue weighted by molar-refractivity contribution is 0.0466. The molecule has 1 aromatic heterocycles. The minimum atomic E-state index is -0.473. The largest absolute Gasteiger partial charge is 0.497 e. The van der Waals surface area contributed by atoms with Crippen LogP contribution in [0.4, 0.5) is 0 Å². The van der Waals surface area contributed by atoms with Crippen molar-refractivity contribution in [2.75, 3.05) is 26.7 Å². The van der Waals surface area contributed by atoms with Crippen LogP contribution in [0.15, 0.2) is 48.5 Å². The molecule has 3 aromatic rings. The van der Waals surface area contributed by atoms with Gasteiger partial charge in [0, 0.05) is 55.4 Å². The Morgan fingerprint density at radius 2 is 2.03 bits per heavy atom. The lowest BCUT2D eigenvalue weighted by Crippen LogP contribution is -2.43. The number of benzene rings is 2. The number of halogens is 1. The molecule has 1 saturated heterocycles. The molecule has 1 fully saturated rings. The molecule has 1 unspecified atom stereocenters. The summed E-state index contributed by atoms with van der Waals surface area (Å²) in [5.41, 5.74) is 4.73. The highest BCUT2D eigenvalue weighted by molar-refractivity contribution is 6.31. The first-order valence-electron chi connectivity index (χ1n) is 12.2. The zero-order chi connectivity index (χ0) is 24.4. The molecule has 5 rings (SSSR count). The molecule has 2 aliphatic rings. The molecule has 8 heteroatoms. The van der Waals surface area contributed by atoms with Gasteiger partial charge in [0.05, 0.1) is 19.8 Å². The summed E-state index contributed by atoms with van der Waals surface area (Å²) >= 11 is 6.42. The normalized spacial score (nSPS) is 18.4. The number of likely N-dealkylation sites (tertiary alicyclic amines) is 1. The lowest BCUT2D eigenvalue weighted by atomic mass is 10.0. The van der Waals surface area contributed by atoms with E-state index in [1.807, 2.05) is 53.2 Å². The number of piperidine rings is 1. The van der Waals surface area contributed by atoms with Crippen molar-refractivity contribution >= 4 is 17.5 Å². The third-order valence-electron chi connectivity index (χ3n) is 6.92. The SMILES string of the molecule is COc1cccc(Cn2nc(C(=O)N3CCCC(O)C3)c3c2CCN(Cc2ccccc2Cl)C3)c1. The van der Waals surface area contributed by atoms with Crippen molar-refractivity contribution in [3.63, 3.8) is 0 Å². The second-order valence-corrected chi connectivity index (χ2v) is 9.79. The molecule has 1 amide bonds. The highest BCUT2D eigenvalue weighted by Crippen LogP contribution is 2.28. The predicted molar refractivity (Wildman–Crippen MR) is 135 cm³/mol. The van der Waals surface area contributed by atoms with E-state index in [1.54, 1.807) is 12.0 Å². The Labute approximate surface area is 210 Å². The van der Waals surface area contributed by atoms with Gasteiger partial charge < -0.3 is 14.7 Å². The van der Waals surface area contributed by atoms with Gasteiger partial charge in [-0.3, -0.25) is 14.4 Å².